The molecule has 0 aromatic carbocycles. The molecule has 0 aliphatic heterocycles. The first-order valence-corrected chi connectivity index (χ1v) is 7.40. The number of nitrogens with zero attached hydrogens (tertiary/aromatic N) is 6. The molecule has 12 nitrogen and oxygen atoms in total. The normalized spacial score (nSPS) is 12.6. The summed E-state index contributed by atoms with van der Waals surface area (Å²) in [6, 6.07) is 0. The molecular weight excluding hydrogens is 348 g/mol. The summed E-state index contributed by atoms with van der Waals surface area (Å²) in [7, 11) is 0. The van der Waals surface area contributed by atoms with Crippen molar-refractivity contribution >= 4 is 23.5 Å². The van der Waals surface area contributed by atoms with Gasteiger partial charge in [0.25, 0.3) is 0 Å². The zero-order chi connectivity index (χ0) is 19.1. The second-order valence-corrected chi connectivity index (χ2v) is 4.81. The molecule has 1 fully saturated rings. The molecule has 0 saturated heterocycles. The highest BCUT2D eigenvalue weighted by molar-refractivity contribution is 6.12. The van der Waals surface area contributed by atoms with E-state index >= 15 is 0 Å². The Morgan fingerprint density at radius 3 is 1.92 bits per heavy atom. The number of hydrogen-bond acceptors (Lipinski definition) is 7. The van der Waals surface area contributed by atoms with Crippen molar-refractivity contribution in [1.29, 1.82) is 0 Å². The summed E-state index contributed by atoms with van der Waals surface area (Å²) in [5.74, 6) is -2.15. The van der Waals surface area contributed by atoms with Crippen LogP contribution >= 0.6 is 0 Å². The van der Waals surface area contributed by atoms with E-state index in [-0.39, 0.29) is 57.8 Å². The van der Waals surface area contributed by atoms with Crippen LogP contribution in [0.5, 0.6) is 0 Å². The van der Waals surface area contributed by atoms with Gasteiger partial charge in [0, 0.05) is 48.6 Å². The molecule has 1 saturated carbocycles. The monoisotopic (exact) mass is 370 g/mol. The minimum Gasteiger partial charge on any atom is -0.481 e. The molecule has 0 radical (unpaired) electrons. The second kappa shape index (κ2) is 15.4. The zero-order valence-electron chi connectivity index (χ0n) is 13.4. The number of esters is 1. The lowest BCUT2D eigenvalue weighted by Gasteiger charge is -2.08. The van der Waals surface area contributed by atoms with Crippen LogP contribution in [0.4, 0.5) is 0 Å². The molecule has 0 atom stereocenters. The maximum Gasteiger partial charge on any atom is 0.306 e. The van der Waals surface area contributed by atoms with E-state index in [2.05, 4.69) is 20.1 Å². The molecule has 1 aliphatic rings. The van der Waals surface area contributed by atoms with E-state index in [1.165, 1.54) is 0 Å². The molecule has 0 unspecified atom stereocenters. The summed E-state index contributed by atoms with van der Waals surface area (Å²) in [6.07, 6.45) is -0.0377. The van der Waals surface area contributed by atoms with Gasteiger partial charge in [-0.1, -0.05) is 17.7 Å². The van der Waals surface area contributed by atoms with Gasteiger partial charge >= 0.3 is 11.9 Å². The number of ketones is 2. The first-order chi connectivity index (χ1) is 11.9. The second-order valence-electron chi connectivity index (χ2n) is 4.81. The number of carbonyl (C=O) groups is 4. The average molecular weight is 370 g/mol. The molecule has 12 heteroatoms. The van der Waals surface area contributed by atoms with Gasteiger partial charge in [-0.25, -0.2) is 0 Å². The Balaban J connectivity index is 0. The van der Waals surface area contributed by atoms with Gasteiger partial charge in [0.05, 0.1) is 0 Å². The summed E-state index contributed by atoms with van der Waals surface area (Å²) in [4.78, 5) is 48.3. The molecule has 0 spiro atoms. The summed E-state index contributed by atoms with van der Waals surface area (Å²) in [6.45, 7) is 0.459. The Morgan fingerprint density at radius 1 is 1.04 bits per heavy atom. The van der Waals surface area contributed by atoms with Gasteiger partial charge in [0.15, 0.2) is 11.6 Å². The van der Waals surface area contributed by atoms with Crippen molar-refractivity contribution in [2.45, 2.75) is 52.1 Å². The third-order valence-electron chi connectivity index (χ3n) is 2.87. The summed E-state index contributed by atoms with van der Waals surface area (Å²) < 4.78 is 4.74. The third-order valence-corrected chi connectivity index (χ3v) is 2.87. The van der Waals surface area contributed by atoms with Gasteiger partial charge in [0.2, 0.25) is 6.10 Å². The first kappa shape index (κ1) is 25.1. The molecule has 0 aromatic heterocycles. The van der Waals surface area contributed by atoms with Gasteiger partial charge < -0.3 is 9.84 Å². The predicted molar refractivity (Wildman–Crippen MR) is 90.0 cm³/mol. The molecule has 1 rings (SSSR count). The van der Waals surface area contributed by atoms with Crippen LogP contribution in [0.2, 0.25) is 0 Å². The van der Waals surface area contributed by atoms with Crippen molar-refractivity contribution in [3.8, 4) is 0 Å². The molecule has 0 amide bonds. The van der Waals surface area contributed by atoms with Crippen LogP contribution in [-0.4, -0.2) is 47.8 Å². The Kier molecular flexibility index (Phi) is 14.9. The van der Waals surface area contributed by atoms with Crippen LogP contribution < -0.4 is 0 Å². The predicted octanol–water partition coefficient (Wildman–Crippen LogP) is 2.72. The van der Waals surface area contributed by atoms with Crippen LogP contribution in [-0.2, 0) is 23.9 Å². The molecule has 26 heavy (non-hydrogen) atoms. The average Bonchev–Trinajstić information content (AvgIpc) is 2.88. The largest absolute Gasteiger partial charge is 0.481 e. The topological polar surface area (TPSA) is 195 Å². The molecule has 0 aromatic rings. The van der Waals surface area contributed by atoms with E-state index in [0.717, 1.165) is 0 Å². The SMILES string of the molecule is C.[N-]=[N+]=NCCCC(=O)O.[N-]=[N+]=NCCCC(=O)OC1C(=O)CCC1=O. The van der Waals surface area contributed by atoms with Crippen LogP contribution in [0.15, 0.2) is 10.2 Å². The number of carboxylic acids is 1. The number of aliphatic carboxylic acids is 1. The van der Waals surface area contributed by atoms with Crippen molar-refractivity contribution in [1.82, 2.24) is 0 Å². The minimum atomic E-state index is -1.20. The zero-order valence-corrected chi connectivity index (χ0v) is 13.4. The molecular formula is C14H22N6O6. The van der Waals surface area contributed by atoms with E-state index < -0.39 is 18.0 Å². The fourth-order valence-electron chi connectivity index (χ4n) is 1.69. The van der Waals surface area contributed by atoms with Crippen molar-refractivity contribution < 1.29 is 29.0 Å². The van der Waals surface area contributed by atoms with E-state index in [1.54, 1.807) is 0 Å². The van der Waals surface area contributed by atoms with Crippen LogP contribution in [0.1, 0.15) is 46.0 Å². The Bertz CT molecular complexity index is 577. The van der Waals surface area contributed by atoms with Crippen LogP contribution in [0.25, 0.3) is 20.9 Å². The quantitative estimate of drug-likeness (QED) is 0.162. The fraction of sp³-hybridized carbons (Fsp3) is 0.714. The van der Waals surface area contributed by atoms with E-state index in [1.807, 2.05) is 0 Å². The van der Waals surface area contributed by atoms with Crippen LogP contribution in [0, 0.1) is 0 Å². The number of carboxylic acid groups (broad SMARTS) is 1. The van der Waals surface area contributed by atoms with Crippen molar-refractivity contribution in [2.75, 3.05) is 13.1 Å². The smallest absolute Gasteiger partial charge is 0.306 e. The molecule has 144 valence electrons. The number of azide groups is 2. The maximum atomic E-state index is 11.2. The molecule has 0 heterocycles. The third kappa shape index (κ3) is 12.3. The fourth-order valence-corrected chi connectivity index (χ4v) is 1.69. The highest BCUT2D eigenvalue weighted by atomic mass is 16.6. The van der Waals surface area contributed by atoms with Gasteiger partial charge in [-0.3, -0.25) is 19.2 Å². The molecule has 1 aliphatic carbocycles. The number of ether oxygens (including phenoxy) is 1. The van der Waals surface area contributed by atoms with Gasteiger partial charge in [-0.15, -0.1) is 0 Å². The lowest BCUT2D eigenvalue weighted by molar-refractivity contribution is -0.157. The number of carbonyl (C=O) groups excluding carboxylic acids is 3. The van der Waals surface area contributed by atoms with E-state index in [9.17, 15) is 19.2 Å². The van der Waals surface area contributed by atoms with Gasteiger partial charge in [-0.2, -0.15) is 0 Å². The van der Waals surface area contributed by atoms with Crippen molar-refractivity contribution in [3.63, 3.8) is 0 Å². The highest BCUT2D eigenvalue weighted by Gasteiger charge is 2.35. The number of hydrogen-bond donors (Lipinski definition) is 1. The van der Waals surface area contributed by atoms with Crippen molar-refractivity contribution in [3.05, 3.63) is 20.9 Å². The van der Waals surface area contributed by atoms with E-state index in [0.29, 0.717) is 12.8 Å². The number of Topliss-reactive ketones (excluding diaryl/α,β-unsaturated/α-hetero) is 2. The number of rotatable bonds is 9. The summed E-state index contributed by atoms with van der Waals surface area (Å²) in [5, 5.41) is 14.5. The Labute approximate surface area is 149 Å². The van der Waals surface area contributed by atoms with Gasteiger partial charge in [0.1, 0.15) is 0 Å². The molecule has 1 N–H and O–H groups in total. The summed E-state index contributed by atoms with van der Waals surface area (Å²) >= 11 is 0. The van der Waals surface area contributed by atoms with E-state index in [4.69, 9.17) is 20.9 Å². The summed E-state index contributed by atoms with van der Waals surface area (Å²) in [5.41, 5.74) is 15.7. The Hall–Kier alpha value is -3.10. The standard InChI is InChI=1S/C9H11N3O4.C4H7N3O2.CH4/c10-12-11-5-1-2-8(15)16-9-6(13)3-4-7(9)14;5-7-6-3-1-2-4(8)9;/h9H,1-5H2;1-3H2,(H,8,9);1H4. The minimum absolute atomic E-state index is 0. The highest BCUT2D eigenvalue weighted by Crippen LogP contribution is 2.15. The van der Waals surface area contributed by atoms with Crippen LogP contribution in [0.3, 0.4) is 0 Å². The first-order valence-electron chi connectivity index (χ1n) is 7.40. The lowest BCUT2D eigenvalue weighted by atomic mass is 10.2. The molecule has 0 bridgehead atoms. The van der Waals surface area contributed by atoms with Crippen molar-refractivity contribution in [2.24, 2.45) is 10.2 Å². The Morgan fingerprint density at radius 2 is 1.50 bits per heavy atom. The van der Waals surface area contributed by atoms with Gasteiger partial charge in [-0.05, 0) is 23.9 Å². The maximum absolute atomic E-state index is 11.2. The lowest BCUT2D eigenvalue weighted by Crippen LogP contribution is -2.28.